The minimum absolute atomic E-state index is 0.116. The van der Waals surface area contributed by atoms with Crippen LogP contribution in [-0.4, -0.2) is 22.3 Å². The second-order valence-electron chi connectivity index (χ2n) is 3.93. The van der Waals surface area contributed by atoms with Crippen molar-refractivity contribution in [3.63, 3.8) is 0 Å². The highest BCUT2D eigenvalue weighted by molar-refractivity contribution is 6.30. The number of anilines is 1. The number of carbonyl (C=O) groups is 1. The molecule has 0 spiro atoms. The van der Waals surface area contributed by atoms with E-state index in [1.54, 1.807) is 0 Å². The number of hydrogen-bond donors (Lipinski definition) is 1. The Kier molecular flexibility index (Phi) is 3.50. The van der Waals surface area contributed by atoms with Crippen molar-refractivity contribution in [1.82, 2.24) is 10.2 Å². The first-order valence-electron chi connectivity index (χ1n) is 5.16. The van der Waals surface area contributed by atoms with Crippen molar-refractivity contribution in [3.05, 3.63) is 16.8 Å². The average molecular weight is 297 g/mol. The molecule has 1 heterocycles. The van der Waals surface area contributed by atoms with Gasteiger partial charge in [0.2, 0.25) is 5.82 Å². The Bertz CT molecular complexity index is 507. The summed E-state index contributed by atoms with van der Waals surface area (Å²) in [6, 6.07) is 1.34. The molecule has 1 fully saturated rings. The number of hydrogen-bond acceptors (Lipinski definition) is 6. The Morgan fingerprint density at radius 3 is 2.63 bits per heavy atom. The quantitative estimate of drug-likeness (QED) is 0.675. The lowest BCUT2D eigenvalue weighted by Gasteiger charge is -2.17. The van der Waals surface area contributed by atoms with Gasteiger partial charge in [-0.3, -0.25) is 0 Å². The van der Waals surface area contributed by atoms with Crippen molar-refractivity contribution in [2.75, 3.05) is 5.17 Å². The number of carbonyl (C=O) groups excluding carboxylic acids is 1. The number of alkyl halides is 3. The monoisotopic (exact) mass is 296 g/mol. The summed E-state index contributed by atoms with van der Waals surface area (Å²) in [5.41, 5.74) is 0.616. The molecule has 0 saturated heterocycles. The standard InChI is InChI=1S/C9H8ClF3N4O2/c10-7-5(4-1-2-4)3-6(15-16-7)17(14)19-8(18)9(11,12)13/h3-4H,1-2,14H2. The van der Waals surface area contributed by atoms with Crippen LogP contribution < -0.4 is 11.0 Å². The van der Waals surface area contributed by atoms with Gasteiger partial charge in [-0.25, -0.2) is 10.6 Å². The minimum Gasteiger partial charge on any atom is -0.315 e. The minimum atomic E-state index is -5.14. The van der Waals surface area contributed by atoms with Gasteiger partial charge < -0.3 is 4.84 Å². The fourth-order valence-corrected chi connectivity index (χ4v) is 1.60. The molecule has 2 rings (SSSR count). The van der Waals surface area contributed by atoms with Gasteiger partial charge in [-0.15, -0.1) is 15.4 Å². The second kappa shape index (κ2) is 4.82. The average Bonchev–Trinajstić information content (AvgIpc) is 3.12. The lowest BCUT2D eigenvalue weighted by molar-refractivity contribution is -0.201. The van der Waals surface area contributed by atoms with E-state index in [2.05, 4.69) is 15.0 Å². The Labute approximate surface area is 110 Å². The van der Waals surface area contributed by atoms with E-state index < -0.39 is 12.1 Å². The maximum atomic E-state index is 12.0. The van der Waals surface area contributed by atoms with E-state index in [1.165, 1.54) is 6.07 Å². The molecule has 0 atom stereocenters. The summed E-state index contributed by atoms with van der Waals surface area (Å²) in [6.45, 7) is 0. The molecule has 6 nitrogen and oxygen atoms in total. The highest BCUT2D eigenvalue weighted by atomic mass is 35.5. The smallest absolute Gasteiger partial charge is 0.315 e. The summed E-state index contributed by atoms with van der Waals surface area (Å²) >= 11 is 5.79. The molecule has 0 amide bonds. The molecule has 0 aromatic carbocycles. The molecule has 104 valence electrons. The predicted octanol–water partition coefficient (Wildman–Crippen LogP) is 1.71. The fourth-order valence-electron chi connectivity index (χ4n) is 1.36. The molecule has 0 unspecified atom stereocenters. The summed E-state index contributed by atoms with van der Waals surface area (Å²) in [4.78, 5) is 14.5. The first-order chi connectivity index (χ1) is 8.79. The molecule has 0 bridgehead atoms. The van der Waals surface area contributed by atoms with Crippen LogP contribution >= 0.6 is 11.6 Å². The molecule has 2 N–H and O–H groups in total. The van der Waals surface area contributed by atoms with E-state index in [0.717, 1.165) is 12.8 Å². The van der Waals surface area contributed by atoms with Gasteiger partial charge in [-0.1, -0.05) is 11.6 Å². The van der Waals surface area contributed by atoms with E-state index in [9.17, 15) is 18.0 Å². The molecular weight excluding hydrogens is 289 g/mol. The van der Waals surface area contributed by atoms with Crippen LogP contribution in [0.5, 0.6) is 0 Å². The van der Waals surface area contributed by atoms with E-state index in [-0.39, 0.29) is 22.1 Å². The topological polar surface area (TPSA) is 81.3 Å². The van der Waals surface area contributed by atoms with Crippen LogP contribution in [0.25, 0.3) is 0 Å². The van der Waals surface area contributed by atoms with E-state index in [4.69, 9.17) is 17.4 Å². The summed E-state index contributed by atoms with van der Waals surface area (Å²) in [6.07, 6.45) is -3.34. The fraction of sp³-hybridized carbons (Fsp3) is 0.444. The number of aromatic nitrogens is 2. The largest absolute Gasteiger partial charge is 0.493 e. The zero-order chi connectivity index (χ0) is 14.2. The van der Waals surface area contributed by atoms with Crippen LogP contribution in [0.4, 0.5) is 19.0 Å². The van der Waals surface area contributed by atoms with Crippen molar-refractivity contribution in [2.45, 2.75) is 24.9 Å². The van der Waals surface area contributed by atoms with E-state index >= 15 is 0 Å². The number of hydrazine groups is 1. The van der Waals surface area contributed by atoms with Gasteiger partial charge in [0.05, 0.1) is 0 Å². The summed E-state index contributed by atoms with van der Waals surface area (Å²) in [5, 5.41) is 7.28. The zero-order valence-corrected chi connectivity index (χ0v) is 10.1. The van der Waals surface area contributed by atoms with Crippen molar-refractivity contribution < 1.29 is 22.8 Å². The van der Waals surface area contributed by atoms with E-state index in [0.29, 0.717) is 5.56 Å². The van der Waals surface area contributed by atoms with Crippen molar-refractivity contribution in [2.24, 2.45) is 5.84 Å². The van der Waals surface area contributed by atoms with Crippen molar-refractivity contribution in [1.29, 1.82) is 0 Å². The van der Waals surface area contributed by atoms with Gasteiger partial charge in [0, 0.05) is 0 Å². The molecule has 19 heavy (non-hydrogen) atoms. The van der Waals surface area contributed by atoms with Crippen LogP contribution in [0, 0.1) is 0 Å². The number of rotatable bonds is 3. The van der Waals surface area contributed by atoms with Gasteiger partial charge in [0.1, 0.15) is 0 Å². The van der Waals surface area contributed by atoms with Gasteiger partial charge in [0.15, 0.2) is 5.15 Å². The van der Waals surface area contributed by atoms with Crippen molar-refractivity contribution >= 4 is 23.4 Å². The van der Waals surface area contributed by atoms with Crippen LogP contribution in [-0.2, 0) is 9.63 Å². The van der Waals surface area contributed by atoms with Gasteiger partial charge in [-0.2, -0.15) is 13.2 Å². The summed E-state index contributed by atoms with van der Waals surface area (Å²) < 4.78 is 36.0. The summed E-state index contributed by atoms with van der Waals surface area (Å²) in [7, 11) is 0. The maximum Gasteiger partial charge on any atom is 0.493 e. The highest BCUT2D eigenvalue weighted by Crippen LogP contribution is 2.43. The highest BCUT2D eigenvalue weighted by Gasteiger charge is 2.43. The van der Waals surface area contributed by atoms with Gasteiger partial charge in [-0.05, 0) is 30.4 Å². The third-order valence-electron chi connectivity index (χ3n) is 2.42. The van der Waals surface area contributed by atoms with Crippen molar-refractivity contribution in [3.8, 4) is 0 Å². The lowest BCUT2D eigenvalue weighted by Crippen LogP contribution is -2.39. The number of nitrogens with zero attached hydrogens (tertiary/aromatic N) is 3. The van der Waals surface area contributed by atoms with Gasteiger partial charge in [0.25, 0.3) is 0 Å². The number of nitrogens with two attached hydrogens (primary N) is 1. The first kappa shape index (κ1) is 13.8. The lowest BCUT2D eigenvalue weighted by atomic mass is 10.2. The SMILES string of the molecule is NN(OC(=O)C(F)(F)F)c1cc(C2CC2)c(Cl)nn1. The van der Waals surface area contributed by atoms with Crippen LogP contribution in [0.3, 0.4) is 0 Å². The maximum absolute atomic E-state index is 12.0. The Hall–Kier alpha value is -1.61. The normalized spacial score (nSPS) is 15.2. The molecule has 1 saturated carbocycles. The Morgan fingerprint density at radius 2 is 2.11 bits per heavy atom. The first-order valence-corrected chi connectivity index (χ1v) is 5.54. The number of halogens is 4. The molecule has 10 heteroatoms. The third kappa shape index (κ3) is 3.24. The Balaban J connectivity index is 2.13. The second-order valence-corrected chi connectivity index (χ2v) is 4.28. The zero-order valence-electron chi connectivity index (χ0n) is 9.32. The molecule has 0 radical (unpaired) electrons. The molecule has 1 aromatic heterocycles. The van der Waals surface area contributed by atoms with Gasteiger partial charge >= 0.3 is 12.1 Å². The molecular formula is C9H8ClF3N4O2. The molecule has 0 aliphatic heterocycles. The predicted molar refractivity (Wildman–Crippen MR) is 57.8 cm³/mol. The third-order valence-corrected chi connectivity index (χ3v) is 2.71. The van der Waals surface area contributed by atoms with Crippen LogP contribution in [0.15, 0.2) is 6.07 Å². The van der Waals surface area contributed by atoms with E-state index in [1.807, 2.05) is 0 Å². The molecule has 1 aliphatic carbocycles. The summed E-state index contributed by atoms with van der Waals surface area (Å²) in [5.74, 6) is 2.69. The Morgan fingerprint density at radius 1 is 1.47 bits per heavy atom. The molecule has 1 aliphatic rings. The molecule has 1 aromatic rings. The van der Waals surface area contributed by atoms with Crippen LogP contribution in [0.1, 0.15) is 24.3 Å². The van der Waals surface area contributed by atoms with Crippen LogP contribution in [0.2, 0.25) is 5.15 Å².